The van der Waals surface area contributed by atoms with Gasteiger partial charge in [-0.3, -0.25) is 4.68 Å². The van der Waals surface area contributed by atoms with Crippen LogP contribution in [0.25, 0.3) is 0 Å². The van der Waals surface area contributed by atoms with Gasteiger partial charge in [0.1, 0.15) is 0 Å². The van der Waals surface area contributed by atoms with Gasteiger partial charge in [-0.25, -0.2) is 4.98 Å². The molecule has 1 unspecified atom stereocenters. The van der Waals surface area contributed by atoms with Crippen LogP contribution in [0.4, 0.5) is 5.69 Å². The summed E-state index contributed by atoms with van der Waals surface area (Å²) in [5, 5.41) is 8.39. The van der Waals surface area contributed by atoms with E-state index in [1.807, 2.05) is 31.6 Å². The third-order valence-corrected chi connectivity index (χ3v) is 3.76. The van der Waals surface area contributed by atoms with E-state index < -0.39 is 0 Å². The van der Waals surface area contributed by atoms with Gasteiger partial charge in [0.2, 0.25) is 0 Å². The fourth-order valence-corrected chi connectivity index (χ4v) is 2.66. The smallest absolute Gasteiger partial charge is 0.152 e. The van der Waals surface area contributed by atoms with E-state index in [1.165, 1.54) is 5.56 Å². The predicted molar refractivity (Wildman–Crippen MR) is 78.7 cm³/mol. The van der Waals surface area contributed by atoms with Crippen LogP contribution in [0.2, 0.25) is 5.15 Å². The monoisotopic (exact) mass is 278 g/mol. The first-order chi connectivity index (χ1) is 8.91. The van der Waals surface area contributed by atoms with E-state index >= 15 is 0 Å². The Bertz CT molecular complexity index is 583. The zero-order valence-electron chi connectivity index (χ0n) is 12.0. The number of rotatable bonds is 3. The molecule has 5 heteroatoms. The van der Waals surface area contributed by atoms with Gasteiger partial charge in [-0.15, -0.1) is 0 Å². The Hall–Kier alpha value is -1.55. The summed E-state index contributed by atoms with van der Waals surface area (Å²) in [5.41, 5.74) is 5.39. The summed E-state index contributed by atoms with van der Waals surface area (Å²) in [4.78, 5) is 4.12. The molecule has 2 rings (SSSR count). The van der Waals surface area contributed by atoms with E-state index in [0.29, 0.717) is 5.15 Å². The third kappa shape index (κ3) is 2.59. The van der Waals surface area contributed by atoms with Crippen molar-refractivity contribution in [1.82, 2.24) is 14.8 Å². The molecular weight excluding hydrogens is 260 g/mol. The Balaban J connectivity index is 2.33. The topological polar surface area (TPSA) is 42.7 Å². The minimum Gasteiger partial charge on any atom is -0.376 e. The van der Waals surface area contributed by atoms with Gasteiger partial charge in [0, 0.05) is 24.5 Å². The van der Waals surface area contributed by atoms with Gasteiger partial charge in [-0.2, -0.15) is 5.10 Å². The Labute approximate surface area is 118 Å². The lowest BCUT2D eigenvalue weighted by Gasteiger charge is -2.18. The molecule has 0 fully saturated rings. The molecule has 2 aromatic heterocycles. The van der Waals surface area contributed by atoms with Crippen LogP contribution >= 0.6 is 11.6 Å². The lowest BCUT2D eigenvalue weighted by atomic mass is 10.1. The van der Waals surface area contributed by atoms with Gasteiger partial charge in [0.15, 0.2) is 5.15 Å². The molecule has 1 atom stereocenters. The van der Waals surface area contributed by atoms with Gasteiger partial charge in [0.05, 0.1) is 17.4 Å². The molecule has 0 spiro atoms. The second-order valence-electron chi connectivity index (χ2n) is 4.87. The summed E-state index contributed by atoms with van der Waals surface area (Å²) in [5.74, 6) is 0. The molecule has 0 aliphatic rings. The maximum absolute atomic E-state index is 6.15. The molecule has 1 N–H and O–H groups in total. The maximum atomic E-state index is 6.15. The number of hydrogen-bond acceptors (Lipinski definition) is 3. The van der Waals surface area contributed by atoms with Gasteiger partial charge < -0.3 is 5.32 Å². The molecular formula is C14H19ClN4. The maximum Gasteiger partial charge on any atom is 0.152 e. The van der Waals surface area contributed by atoms with E-state index in [1.54, 1.807) is 6.20 Å². The number of nitrogens with zero attached hydrogens (tertiary/aromatic N) is 3. The highest BCUT2D eigenvalue weighted by Crippen LogP contribution is 2.29. The van der Waals surface area contributed by atoms with E-state index in [2.05, 4.69) is 29.2 Å². The number of aromatic nitrogens is 3. The Morgan fingerprint density at radius 1 is 1.32 bits per heavy atom. The number of nitrogens with one attached hydrogen (secondary N) is 1. The summed E-state index contributed by atoms with van der Waals surface area (Å²) in [6, 6.07) is 2.08. The van der Waals surface area contributed by atoms with Gasteiger partial charge >= 0.3 is 0 Å². The van der Waals surface area contributed by atoms with Gasteiger partial charge in [-0.05, 0) is 39.3 Å². The van der Waals surface area contributed by atoms with Crippen LogP contribution in [-0.4, -0.2) is 14.8 Å². The zero-order valence-corrected chi connectivity index (χ0v) is 12.7. The van der Waals surface area contributed by atoms with Crippen LogP contribution in [0, 0.1) is 20.8 Å². The molecule has 0 bridgehead atoms. The summed E-state index contributed by atoms with van der Waals surface area (Å²) in [7, 11) is 1.96. The number of hydrogen-bond donors (Lipinski definition) is 1. The van der Waals surface area contributed by atoms with Crippen molar-refractivity contribution in [1.29, 1.82) is 0 Å². The van der Waals surface area contributed by atoms with Crippen molar-refractivity contribution in [2.45, 2.75) is 33.7 Å². The average Bonchev–Trinajstić information content (AvgIpc) is 2.58. The molecule has 0 saturated heterocycles. The van der Waals surface area contributed by atoms with Crippen LogP contribution in [0.1, 0.15) is 35.5 Å². The molecule has 19 heavy (non-hydrogen) atoms. The molecule has 4 nitrogen and oxygen atoms in total. The van der Waals surface area contributed by atoms with Crippen molar-refractivity contribution in [2.24, 2.45) is 7.05 Å². The quantitative estimate of drug-likeness (QED) is 0.873. The van der Waals surface area contributed by atoms with E-state index in [9.17, 15) is 0 Å². The van der Waals surface area contributed by atoms with Crippen molar-refractivity contribution in [3.8, 4) is 0 Å². The van der Waals surface area contributed by atoms with Crippen molar-refractivity contribution >= 4 is 17.3 Å². The average molecular weight is 279 g/mol. The van der Waals surface area contributed by atoms with Gasteiger partial charge in [0.25, 0.3) is 0 Å². The molecule has 2 heterocycles. The van der Waals surface area contributed by atoms with E-state index in [0.717, 1.165) is 22.6 Å². The zero-order chi connectivity index (χ0) is 14.2. The van der Waals surface area contributed by atoms with Crippen LogP contribution in [0.5, 0.6) is 0 Å². The highest BCUT2D eigenvalue weighted by molar-refractivity contribution is 6.32. The highest BCUT2D eigenvalue weighted by Gasteiger charge is 2.17. The normalized spacial score (nSPS) is 12.5. The molecule has 0 aromatic carbocycles. The summed E-state index contributed by atoms with van der Waals surface area (Å²) in [6.45, 7) is 8.23. The standard InChI is InChI=1S/C14H19ClN4/c1-8-6-7-16-14(15)13(8)17-9(2)12-10(3)18-19(5)11(12)4/h6-7,9,17H,1-5H3. The lowest BCUT2D eigenvalue weighted by molar-refractivity contribution is 0.728. The fourth-order valence-electron chi connectivity index (χ4n) is 2.40. The SMILES string of the molecule is Cc1ccnc(Cl)c1NC(C)c1c(C)nn(C)c1C. The van der Waals surface area contributed by atoms with Crippen molar-refractivity contribution in [3.05, 3.63) is 39.9 Å². The molecule has 2 aromatic rings. The summed E-state index contributed by atoms with van der Waals surface area (Å²) >= 11 is 6.15. The van der Waals surface area contributed by atoms with Crippen LogP contribution in [0.3, 0.4) is 0 Å². The fraction of sp³-hybridized carbons (Fsp3) is 0.429. The lowest BCUT2D eigenvalue weighted by Crippen LogP contribution is -2.10. The van der Waals surface area contributed by atoms with Crippen molar-refractivity contribution < 1.29 is 0 Å². The molecule has 0 radical (unpaired) electrons. The molecule has 0 aliphatic heterocycles. The largest absolute Gasteiger partial charge is 0.376 e. The second kappa shape index (κ2) is 5.21. The Morgan fingerprint density at radius 2 is 2.00 bits per heavy atom. The highest BCUT2D eigenvalue weighted by atomic mass is 35.5. The third-order valence-electron chi connectivity index (χ3n) is 3.47. The van der Waals surface area contributed by atoms with Crippen molar-refractivity contribution in [2.75, 3.05) is 5.32 Å². The van der Waals surface area contributed by atoms with E-state index in [4.69, 9.17) is 11.6 Å². The number of anilines is 1. The van der Waals surface area contributed by atoms with Gasteiger partial charge in [-0.1, -0.05) is 11.6 Å². The Kier molecular flexibility index (Phi) is 3.80. The van der Waals surface area contributed by atoms with Crippen LogP contribution in [0.15, 0.2) is 12.3 Å². The molecule has 102 valence electrons. The Morgan fingerprint density at radius 3 is 2.53 bits per heavy atom. The summed E-state index contributed by atoms with van der Waals surface area (Å²) < 4.78 is 1.90. The minimum atomic E-state index is 0.133. The first-order valence-corrected chi connectivity index (χ1v) is 6.67. The number of pyridine rings is 1. The number of halogens is 1. The first kappa shape index (κ1) is 13.9. The predicted octanol–water partition coefficient (Wildman–Crippen LogP) is 3.57. The molecule has 0 aliphatic carbocycles. The molecule has 0 saturated carbocycles. The van der Waals surface area contributed by atoms with Crippen LogP contribution in [-0.2, 0) is 7.05 Å². The summed E-state index contributed by atoms with van der Waals surface area (Å²) in [6.07, 6.45) is 1.72. The number of aryl methyl sites for hydroxylation is 3. The van der Waals surface area contributed by atoms with Crippen LogP contribution < -0.4 is 5.32 Å². The van der Waals surface area contributed by atoms with E-state index in [-0.39, 0.29) is 6.04 Å². The van der Waals surface area contributed by atoms with Crippen molar-refractivity contribution in [3.63, 3.8) is 0 Å². The molecule has 0 amide bonds. The minimum absolute atomic E-state index is 0.133. The first-order valence-electron chi connectivity index (χ1n) is 6.29. The second-order valence-corrected chi connectivity index (χ2v) is 5.23.